The van der Waals surface area contributed by atoms with Gasteiger partial charge in [0.1, 0.15) is 16.9 Å². The van der Waals surface area contributed by atoms with Gasteiger partial charge in [0.05, 0.1) is 29.1 Å². The van der Waals surface area contributed by atoms with Crippen molar-refractivity contribution in [2.75, 3.05) is 23.7 Å². The number of thiophene rings is 1. The third-order valence-electron chi connectivity index (χ3n) is 9.26. The Labute approximate surface area is 332 Å². The quantitative estimate of drug-likeness (QED) is 0.0881. The highest BCUT2D eigenvalue weighted by Crippen LogP contribution is 2.39. The van der Waals surface area contributed by atoms with Crippen LogP contribution in [0.15, 0.2) is 53.5 Å². The molecule has 4 N–H and O–H groups in total. The van der Waals surface area contributed by atoms with E-state index in [1.165, 1.54) is 11.3 Å². The maximum absolute atomic E-state index is 13.2. The number of amides is 4. The molecule has 5 aromatic rings. The number of nitrogens with one attached hydrogen (secondary N) is 4. The van der Waals surface area contributed by atoms with Crippen molar-refractivity contribution in [3.63, 3.8) is 0 Å². The minimum absolute atomic E-state index is 0.0403. The second-order valence-electron chi connectivity index (χ2n) is 13.2. The van der Waals surface area contributed by atoms with E-state index in [4.69, 9.17) is 16.6 Å². The number of carbonyl (C=O) groups excluding carboxylic acids is 4. The van der Waals surface area contributed by atoms with E-state index in [1.807, 2.05) is 49.6 Å². The SMILES string of the molecule is Cc1nc(NC(=O)c2ccccc2NC(=O)CCCCC(=O)NCCNC(=O)C[C@@H]2N=C(c3ccc(Cl)cc3)c3c(sc(C)c3C)-n3c(C)nnc32)sc1C. The summed E-state index contributed by atoms with van der Waals surface area (Å²) in [5.74, 6) is 0.277. The largest absolute Gasteiger partial charge is 0.354 e. The first-order valence-corrected chi connectivity index (χ1v) is 19.9. The Morgan fingerprint density at radius 2 is 1.49 bits per heavy atom. The first-order valence-electron chi connectivity index (χ1n) is 17.9. The number of fused-ring (bicyclic) bond motifs is 3. The molecule has 6 rings (SSSR count). The van der Waals surface area contributed by atoms with Crippen molar-refractivity contribution in [2.24, 2.45) is 4.99 Å². The fourth-order valence-electron chi connectivity index (χ4n) is 6.14. The number of carbonyl (C=O) groups is 4. The molecule has 286 valence electrons. The molecule has 13 nitrogen and oxygen atoms in total. The van der Waals surface area contributed by atoms with Crippen LogP contribution in [0.1, 0.15) is 92.3 Å². The molecule has 0 saturated carbocycles. The zero-order valence-electron chi connectivity index (χ0n) is 31.2. The Morgan fingerprint density at radius 3 is 2.20 bits per heavy atom. The number of aryl methyl sites for hydroxylation is 4. The minimum atomic E-state index is -0.596. The summed E-state index contributed by atoms with van der Waals surface area (Å²) in [6, 6.07) is 13.7. The van der Waals surface area contributed by atoms with Gasteiger partial charge < -0.3 is 16.0 Å². The fourth-order valence-corrected chi connectivity index (χ4v) is 8.29. The molecule has 16 heteroatoms. The number of rotatable bonds is 14. The third kappa shape index (κ3) is 9.35. The van der Waals surface area contributed by atoms with Crippen molar-refractivity contribution in [3.05, 3.63) is 103 Å². The molecule has 1 aliphatic rings. The van der Waals surface area contributed by atoms with E-state index in [0.717, 1.165) is 42.9 Å². The maximum atomic E-state index is 13.2. The number of aromatic nitrogens is 4. The van der Waals surface area contributed by atoms with Crippen LogP contribution in [0.4, 0.5) is 10.8 Å². The standard InChI is InChI=1S/C39H42ClN9O4S2/c1-21-23(3)54-38-34(21)35(26-14-16-27(40)17-15-26)45-30(36-48-47-25(5)49(36)38)20-33(52)42-19-18-41-31(50)12-8-9-13-32(51)44-29-11-7-6-10-28(29)37(53)46-39-43-22(2)24(4)55-39/h6-7,10-11,14-17,30H,8-9,12-13,18-20H2,1-5H3,(H,41,50)(H,42,52)(H,44,51)(H,43,46,53)/t30-/m0/s1. The van der Waals surface area contributed by atoms with E-state index in [-0.39, 0.29) is 56.0 Å². The van der Waals surface area contributed by atoms with Crippen LogP contribution in [0.25, 0.3) is 5.00 Å². The molecule has 0 radical (unpaired) electrons. The molecule has 0 saturated heterocycles. The second kappa shape index (κ2) is 17.5. The highest BCUT2D eigenvalue weighted by molar-refractivity contribution is 7.16. The Bertz CT molecular complexity index is 2260. The Hall–Kier alpha value is -5.25. The number of anilines is 2. The van der Waals surface area contributed by atoms with E-state index >= 15 is 0 Å². The van der Waals surface area contributed by atoms with Gasteiger partial charge in [-0.3, -0.25) is 34.1 Å². The normalized spacial score (nSPS) is 13.3. The molecular weight excluding hydrogens is 758 g/mol. The van der Waals surface area contributed by atoms with Gasteiger partial charge in [-0.05, 0) is 77.3 Å². The van der Waals surface area contributed by atoms with Gasteiger partial charge in [-0.2, -0.15) is 0 Å². The van der Waals surface area contributed by atoms with Crippen LogP contribution in [0.3, 0.4) is 0 Å². The molecule has 2 aromatic carbocycles. The number of unbranched alkanes of at least 4 members (excludes halogenated alkanes) is 1. The monoisotopic (exact) mass is 799 g/mol. The number of aliphatic imine (C=N–C) groups is 1. The molecule has 0 spiro atoms. The van der Waals surface area contributed by atoms with Crippen molar-refractivity contribution in [3.8, 4) is 5.00 Å². The lowest BCUT2D eigenvalue weighted by Gasteiger charge is -2.13. The first-order chi connectivity index (χ1) is 26.4. The van der Waals surface area contributed by atoms with Crippen LogP contribution in [0.5, 0.6) is 0 Å². The van der Waals surface area contributed by atoms with Gasteiger partial charge in [-0.15, -0.1) is 32.9 Å². The molecule has 0 bridgehead atoms. The molecule has 4 amide bonds. The van der Waals surface area contributed by atoms with Gasteiger partial charge in [0.2, 0.25) is 17.7 Å². The molecule has 0 aliphatic carbocycles. The van der Waals surface area contributed by atoms with E-state index in [0.29, 0.717) is 45.9 Å². The van der Waals surface area contributed by atoms with E-state index in [1.54, 1.807) is 35.6 Å². The summed E-state index contributed by atoms with van der Waals surface area (Å²) in [7, 11) is 0. The highest BCUT2D eigenvalue weighted by atomic mass is 35.5. The molecule has 55 heavy (non-hydrogen) atoms. The molecular formula is C39H42ClN9O4S2. The molecule has 1 atom stereocenters. The van der Waals surface area contributed by atoms with Gasteiger partial charge in [-0.1, -0.05) is 35.9 Å². The maximum Gasteiger partial charge on any atom is 0.259 e. The lowest BCUT2D eigenvalue weighted by molar-refractivity contribution is -0.123. The summed E-state index contributed by atoms with van der Waals surface area (Å²) < 4.78 is 2.00. The Kier molecular flexibility index (Phi) is 12.5. The number of halogens is 1. The topological polar surface area (TPSA) is 172 Å². The van der Waals surface area contributed by atoms with Crippen molar-refractivity contribution >= 4 is 74.4 Å². The Balaban J connectivity index is 0.957. The zero-order chi connectivity index (χ0) is 39.2. The van der Waals surface area contributed by atoms with Crippen molar-refractivity contribution < 1.29 is 19.2 Å². The number of para-hydroxylation sites is 1. The minimum Gasteiger partial charge on any atom is -0.354 e. The van der Waals surface area contributed by atoms with Crippen LogP contribution in [-0.2, 0) is 14.4 Å². The lowest BCUT2D eigenvalue weighted by atomic mass is 9.99. The van der Waals surface area contributed by atoms with Gasteiger partial charge in [0, 0.05) is 51.8 Å². The smallest absolute Gasteiger partial charge is 0.259 e. The van der Waals surface area contributed by atoms with Crippen LogP contribution in [0.2, 0.25) is 5.02 Å². The van der Waals surface area contributed by atoms with E-state index in [9.17, 15) is 19.2 Å². The molecule has 3 aromatic heterocycles. The summed E-state index contributed by atoms with van der Waals surface area (Å²) in [5, 5.41) is 22.2. The van der Waals surface area contributed by atoms with E-state index in [2.05, 4.69) is 50.3 Å². The van der Waals surface area contributed by atoms with Gasteiger partial charge >= 0.3 is 0 Å². The van der Waals surface area contributed by atoms with Crippen LogP contribution < -0.4 is 21.3 Å². The molecule has 0 unspecified atom stereocenters. The first kappa shape index (κ1) is 39.4. The molecule has 1 aliphatic heterocycles. The van der Waals surface area contributed by atoms with Crippen LogP contribution in [-0.4, -0.2) is 62.2 Å². The summed E-state index contributed by atoms with van der Waals surface area (Å²) in [4.78, 5) is 63.0. The molecule has 4 heterocycles. The number of hydrogen-bond donors (Lipinski definition) is 4. The number of nitrogens with zero attached hydrogens (tertiary/aromatic N) is 5. The molecule has 0 fully saturated rings. The van der Waals surface area contributed by atoms with E-state index < -0.39 is 6.04 Å². The predicted molar refractivity (Wildman–Crippen MR) is 217 cm³/mol. The summed E-state index contributed by atoms with van der Waals surface area (Å²) in [6.07, 6.45) is 1.44. The second-order valence-corrected chi connectivity index (χ2v) is 16.1. The summed E-state index contributed by atoms with van der Waals surface area (Å²) in [6.45, 7) is 10.3. The number of benzene rings is 2. The lowest BCUT2D eigenvalue weighted by Crippen LogP contribution is -2.35. The van der Waals surface area contributed by atoms with Crippen molar-refractivity contribution in [1.29, 1.82) is 0 Å². The summed E-state index contributed by atoms with van der Waals surface area (Å²) in [5.41, 5.74) is 5.35. The van der Waals surface area contributed by atoms with Crippen molar-refractivity contribution in [2.45, 2.75) is 72.8 Å². The van der Waals surface area contributed by atoms with Gasteiger partial charge in [-0.25, -0.2) is 4.98 Å². The zero-order valence-corrected chi connectivity index (χ0v) is 33.6. The highest BCUT2D eigenvalue weighted by Gasteiger charge is 2.32. The van der Waals surface area contributed by atoms with Crippen molar-refractivity contribution in [1.82, 2.24) is 30.4 Å². The fraction of sp³-hybridized carbons (Fsp3) is 0.333. The van der Waals surface area contributed by atoms with Gasteiger partial charge in [0.25, 0.3) is 5.91 Å². The predicted octanol–water partition coefficient (Wildman–Crippen LogP) is 6.95. The number of thiazole rings is 1. The average Bonchev–Trinajstić information content (AvgIpc) is 3.76. The summed E-state index contributed by atoms with van der Waals surface area (Å²) >= 11 is 9.25. The van der Waals surface area contributed by atoms with Gasteiger partial charge in [0.15, 0.2) is 11.0 Å². The third-order valence-corrected chi connectivity index (χ3v) is 11.7. The number of hydrogen-bond acceptors (Lipinski definition) is 10. The average molecular weight is 800 g/mol. The van der Waals surface area contributed by atoms with Crippen LogP contribution in [0, 0.1) is 34.6 Å². The van der Waals surface area contributed by atoms with Crippen LogP contribution >= 0.6 is 34.3 Å². The Morgan fingerprint density at radius 1 is 0.800 bits per heavy atom.